The Hall–Kier alpha value is -2.10. The highest BCUT2D eigenvalue weighted by atomic mass is 16.5. The summed E-state index contributed by atoms with van der Waals surface area (Å²) in [7, 11) is 0. The van der Waals surface area contributed by atoms with Gasteiger partial charge in [0.15, 0.2) is 5.78 Å². The van der Waals surface area contributed by atoms with Gasteiger partial charge in [-0.1, -0.05) is 19.9 Å². The van der Waals surface area contributed by atoms with Gasteiger partial charge in [-0.15, -0.1) is 0 Å². The van der Waals surface area contributed by atoms with Crippen LogP contribution in [0.4, 0.5) is 0 Å². The topological polar surface area (TPSA) is 52.6 Å². The van der Waals surface area contributed by atoms with E-state index in [2.05, 4.69) is 20.8 Å². The fourth-order valence-corrected chi connectivity index (χ4v) is 4.35. The molecule has 4 rings (SSSR count). The fraction of sp³-hybridized carbons (Fsp3) is 0.500. The number of fused-ring (bicyclic) bond motifs is 4. The van der Waals surface area contributed by atoms with Gasteiger partial charge in [0.2, 0.25) is 0 Å². The summed E-state index contributed by atoms with van der Waals surface area (Å²) in [6, 6.07) is 3.99. The van der Waals surface area contributed by atoms with Crippen LogP contribution in [0, 0.1) is 18.8 Å². The molecule has 1 aliphatic carbocycles. The molecular weight excluding hydrogens is 304 g/mol. The molecule has 1 aromatic rings. The van der Waals surface area contributed by atoms with Gasteiger partial charge in [0.25, 0.3) is 0 Å². The third-order valence-corrected chi connectivity index (χ3v) is 5.54. The van der Waals surface area contributed by atoms with E-state index in [4.69, 9.17) is 9.47 Å². The maximum absolute atomic E-state index is 13.2. The number of carbonyl (C=O) groups is 2. The molecule has 2 aliphatic heterocycles. The zero-order chi connectivity index (χ0) is 17.0. The van der Waals surface area contributed by atoms with Crippen LogP contribution in [-0.4, -0.2) is 24.5 Å². The number of benzene rings is 1. The van der Waals surface area contributed by atoms with Crippen LogP contribution in [-0.2, 0) is 9.53 Å². The molecule has 1 fully saturated rings. The molecule has 3 atom stereocenters. The molecule has 24 heavy (non-hydrogen) atoms. The van der Waals surface area contributed by atoms with Crippen molar-refractivity contribution in [1.29, 1.82) is 0 Å². The highest BCUT2D eigenvalue weighted by Crippen LogP contribution is 2.45. The molecule has 0 spiro atoms. The standard InChI is InChI=1S/C20H22O4/c1-10(2)14-9-15-17(8-11(14)3)24-16-5-4-13-12(18(16)19(15)21)6-7-23-20(13)22/h4,8-10,12,16,18H,5-7H2,1-3H3/t12-,16+,18+/m0/s1. The first-order chi connectivity index (χ1) is 11.5. The molecule has 0 saturated carbocycles. The Morgan fingerprint density at radius 2 is 2.00 bits per heavy atom. The van der Waals surface area contributed by atoms with E-state index in [0.717, 1.165) is 5.56 Å². The van der Waals surface area contributed by atoms with Crippen molar-refractivity contribution in [3.05, 3.63) is 40.5 Å². The van der Waals surface area contributed by atoms with Crippen LogP contribution in [0.25, 0.3) is 0 Å². The Morgan fingerprint density at radius 3 is 2.75 bits per heavy atom. The Bertz CT molecular complexity index is 759. The van der Waals surface area contributed by atoms with Crippen LogP contribution in [0.3, 0.4) is 0 Å². The van der Waals surface area contributed by atoms with Crippen molar-refractivity contribution in [1.82, 2.24) is 0 Å². The maximum atomic E-state index is 13.2. The molecule has 0 amide bonds. The molecule has 2 heterocycles. The zero-order valence-corrected chi connectivity index (χ0v) is 14.3. The lowest BCUT2D eigenvalue weighted by molar-refractivity contribution is -0.143. The summed E-state index contributed by atoms with van der Waals surface area (Å²) < 4.78 is 11.3. The third kappa shape index (κ3) is 2.20. The minimum absolute atomic E-state index is 0.0746. The van der Waals surface area contributed by atoms with Gasteiger partial charge in [-0.3, -0.25) is 4.79 Å². The van der Waals surface area contributed by atoms with E-state index in [-0.39, 0.29) is 29.7 Å². The lowest BCUT2D eigenvalue weighted by Crippen LogP contribution is -2.47. The van der Waals surface area contributed by atoms with Gasteiger partial charge in [-0.25, -0.2) is 4.79 Å². The van der Waals surface area contributed by atoms with Gasteiger partial charge in [0, 0.05) is 17.9 Å². The highest BCUT2D eigenvalue weighted by Gasteiger charge is 2.48. The number of hydrogen-bond donors (Lipinski definition) is 0. The van der Waals surface area contributed by atoms with Crippen LogP contribution in [0.15, 0.2) is 23.8 Å². The highest BCUT2D eigenvalue weighted by molar-refractivity contribution is 6.04. The number of ketones is 1. The van der Waals surface area contributed by atoms with Crippen molar-refractivity contribution in [2.45, 2.75) is 45.6 Å². The zero-order valence-electron chi connectivity index (χ0n) is 14.3. The number of aryl methyl sites for hydroxylation is 1. The van der Waals surface area contributed by atoms with Crippen molar-refractivity contribution in [3.63, 3.8) is 0 Å². The van der Waals surface area contributed by atoms with Crippen LogP contribution < -0.4 is 4.74 Å². The van der Waals surface area contributed by atoms with Gasteiger partial charge in [-0.2, -0.15) is 0 Å². The molecule has 4 heteroatoms. The summed E-state index contributed by atoms with van der Waals surface area (Å²) in [6.45, 7) is 6.70. The molecule has 4 nitrogen and oxygen atoms in total. The second-order valence-corrected chi connectivity index (χ2v) is 7.33. The molecule has 1 aromatic carbocycles. The van der Waals surface area contributed by atoms with Crippen LogP contribution in [0.5, 0.6) is 5.75 Å². The van der Waals surface area contributed by atoms with E-state index >= 15 is 0 Å². The molecule has 0 radical (unpaired) electrons. The predicted octanol–water partition coefficient (Wildman–Crippen LogP) is 3.57. The van der Waals surface area contributed by atoms with Crippen molar-refractivity contribution >= 4 is 11.8 Å². The molecule has 126 valence electrons. The Labute approximate surface area is 141 Å². The number of rotatable bonds is 1. The summed E-state index contributed by atoms with van der Waals surface area (Å²) in [5.41, 5.74) is 3.67. The fourth-order valence-electron chi connectivity index (χ4n) is 4.35. The second-order valence-electron chi connectivity index (χ2n) is 7.33. The number of hydrogen-bond acceptors (Lipinski definition) is 4. The van der Waals surface area contributed by atoms with E-state index < -0.39 is 0 Å². The number of Topliss-reactive ketones (excluding diaryl/α,β-unsaturated/α-hetero) is 1. The molecular formula is C20H22O4. The molecule has 0 aromatic heterocycles. The molecule has 3 aliphatic rings. The summed E-state index contributed by atoms with van der Waals surface area (Å²) in [6.07, 6.45) is 3.02. The minimum Gasteiger partial charge on any atom is -0.489 e. The van der Waals surface area contributed by atoms with Crippen molar-refractivity contribution in [3.8, 4) is 5.75 Å². The van der Waals surface area contributed by atoms with Gasteiger partial charge in [0.1, 0.15) is 11.9 Å². The van der Waals surface area contributed by atoms with E-state index in [9.17, 15) is 9.59 Å². The lowest BCUT2D eigenvalue weighted by Gasteiger charge is -2.41. The second kappa shape index (κ2) is 5.47. The Morgan fingerprint density at radius 1 is 1.21 bits per heavy atom. The van der Waals surface area contributed by atoms with Gasteiger partial charge < -0.3 is 9.47 Å². The maximum Gasteiger partial charge on any atom is 0.333 e. The van der Waals surface area contributed by atoms with E-state index in [1.165, 1.54) is 5.56 Å². The monoisotopic (exact) mass is 326 g/mol. The molecule has 0 N–H and O–H groups in total. The summed E-state index contributed by atoms with van der Waals surface area (Å²) in [5.74, 6) is 0.553. The lowest BCUT2D eigenvalue weighted by atomic mass is 9.69. The van der Waals surface area contributed by atoms with Gasteiger partial charge in [0.05, 0.1) is 18.1 Å². The number of carbonyl (C=O) groups excluding carboxylic acids is 2. The number of cyclic esters (lactones) is 1. The largest absolute Gasteiger partial charge is 0.489 e. The average molecular weight is 326 g/mol. The average Bonchev–Trinajstić information content (AvgIpc) is 2.54. The smallest absolute Gasteiger partial charge is 0.333 e. The van der Waals surface area contributed by atoms with Gasteiger partial charge >= 0.3 is 5.97 Å². The minimum atomic E-state index is -0.270. The number of ether oxygens (including phenoxy) is 2. The summed E-state index contributed by atoms with van der Waals surface area (Å²) >= 11 is 0. The predicted molar refractivity (Wildman–Crippen MR) is 89.3 cm³/mol. The molecule has 0 bridgehead atoms. The van der Waals surface area contributed by atoms with E-state index in [0.29, 0.717) is 42.3 Å². The normalized spacial score (nSPS) is 28.3. The van der Waals surface area contributed by atoms with Crippen LogP contribution in [0.2, 0.25) is 0 Å². The van der Waals surface area contributed by atoms with Crippen LogP contribution in [0.1, 0.15) is 54.1 Å². The van der Waals surface area contributed by atoms with Gasteiger partial charge in [-0.05, 0) is 42.5 Å². The summed E-state index contributed by atoms with van der Waals surface area (Å²) in [4.78, 5) is 25.2. The Balaban J connectivity index is 1.77. The Kier molecular flexibility index (Phi) is 3.52. The third-order valence-electron chi connectivity index (χ3n) is 5.54. The van der Waals surface area contributed by atoms with Crippen molar-refractivity contribution < 1.29 is 19.1 Å². The van der Waals surface area contributed by atoms with Crippen molar-refractivity contribution in [2.24, 2.45) is 11.8 Å². The molecule has 1 saturated heterocycles. The first-order valence-corrected chi connectivity index (χ1v) is 8.70. The SMILES string of the molecule is Cc1cc2c(cc1C(C)C)C(=O)[C@H]1[C@@H](CC=C3C(=O)OCC[C@@H]31)O2. The van der Waals surface area contributed by atoms with E-state index in [1.807, 2.05) is 18.2 Å². The van der Waals surface area contributed by atoms with E-state index in [1.54, 1.807) is 0 Å². The summed E-state index contributed by atoms with van der Waals surface area (Å²) in [5, 5.41) is 0. The quantitative estimate of drug-likeness (QED) is 0.740. The number of esters is 1. The van der Waals surface area contributed by atoms with Crippen LogP contribution >= 0.6 is 0 Å². The molecule has 0 unspecified atom stereocenters. The van der Waals surface area contributed by atoms with Crippen molar-refractivity contribution in [2.75, 3.05) is 6.61 Å². The first kappa shape index (κ1) is 15.4. The first-order valence-electron chi connectivity index (χ1n) is 8.70.